The van der Waals surface area contributed by atoms with Crippen molar-refractivity contribution in [3.8, 4) is 0 Å². The van der Waals surface area contributed by atoms with Gasteiger partial charge in [-0.25, -0.2) is 0 Å². The van der Waals surface area contributed by atoms with E-state index in [0.717, 1.165) is 12.3 Å². The summed E-state index contributed by atoms with van der Waals surface area (Å²) >= 11 is 0. The van der Waals surface area contributed by atoms with E-state index in [1.807, 2.05) is 0 Å². The van der Waals surface area contributed by atoms with E-state index in [1.54, 1.807) is 0 Å². The Morgan fingerprint density at radius 3 is 0.582 bits per heavy atom. The van der Waals surface area contributed by atoms with Crippen molar-refractivity contribution in [1.29, 1.82) is 0 Å². The molecule has 4 aromatic carbocycles. The van der Waals surface area contributed by atoms with E-state index in [0.29, 0.717) is 0 Å². The minimum Gasteiger partial charge on any atom is -0.344 e. The lowest BCUT2D eigenvalue weighted by Gasteiger charge is -2.33. The molecule has 1 heterocycles. The van der Waals surface area contributed by atoms with Gasteiger partial charge in [-0.3, -0.25) is 0 Å². The standard InChI is InChI=1S/C63H96O2P2/c1-55(2,3)41-27-42(56(4,5)6)32-49(31-41)66(50-33-43(57(7,8)9)28-44(34-50)58(10,11)12)39-53-54(65-63(25,26)64-53)40-67(51-35-45(59(13,14)15)29-46(36-51)60(16,17)18)52-37-47(61(19,20)21)30-48(38-52)62(22,23)24/h27-38,53-54H,39-40H2,1-26H3. The van der Waals surface area contributed by atoms with Crippen LogP contribution in [0.5, 0.6) is 0 Å². The van der Waals surface area contributed by atoms with Crippen LogP contribution in [0.25, 0.3) is 0 Å². The molecule has 0 saturated carbocycles. The van der Waals surface area contributed by atoms with E-state index in [9.17, 15) is 0 Å². The van der Waals surface area contributed by atoms with Crippen LogP contribution < -0.4 is 21.2 Å². The Balaban J connectivity index is 1.83. The molecule has 67 heavy (non-hydrogen) atoms. The highest BCUT2D eigenvalue weighted by Crippen LogP contribution is 2.48. The van der Waals surface area contributed by atoms with Crippen molar-refractivity contribution in [2.45, 2.75) is 241 Å². The number of benzene rings is 4. The Kier molecular flexibility index (Phi) is 15.5. The summed E-state index contributed by atoms with van der Waals surface area (Å²) in [5.41, 5.74) is 11.2. The van der Waals surface area contributed by atoms with Gasteiger partial charge in [0.2, 0.25) is 0 Å². The summed E-state index contributed by atoms with van der Waals surface area (Å²) in [5.74, 6) is -0.724. The summed E-state index contributed by atoms with van der Waals surface area (Å²) in [5, 5.41) is 5.75. The Hall–Kier alpha value is -2.34. The fourth-order valence-corrected chi connectivity index (χ4v) is 14.0. The van der Waals surface area contributed by atoms with Gasteiger partial charge >= 0.3 is 0 Å². The van der Waals surface area contributed by atoms with Gasteiger partial charge in [0.1, 0.15) is 0 Å². The van der Waals surface area contributed by atoms with Crippen LogP contribution in [0.15, 0.2) is 72.8 Å². The highest BCUT2D eigenvalue weighted by Gasteiger charge is 2.45. The summed E-state index contributed by atoms with van der Waals surface area (Å²) < 4.78 is 14.6. The van der Waals surface area contributed by atoms with Crippen LogP contribution in [-0.4, -0.2) is 30.3 Å². The fraction of sp³-hybridized carbons (Fsp3) is 0.619. The first kappa shape index (κ1) is 55.6. The molecule has 0 aromatic heterocycles. The number of ether oxygens (including phenoxy) is 2. The van der Waals surface area contributed by atoms with Crippen molar-refractivity contribution in [1.82, 2.24) is 0 Å². The lowest BCUT2D eigenvalue weighted by atomic mass is 9.81. The first-order valence-electron chi connectivity index (χ1n) is 25.5. The van der Waals surface area contributed by atoms with Crippen LogP contribution in [0.4, 0.5) is 0 Å². The molecule has 2 atom stereocenters. The largest absolute Gasteiger partial charge is 0.344 e. The maximum absolute atomic E-state index is 7.31. The summed E-state index contributed by atoms with van der Waals surface area (Å²) in [7, 11) is -1.79. The van der Waals surface area contributed by atoms with E-state index < -0.39 is 21.6 Å². The Labute approximate surface area is 415 Å². The molecule has 1 aliphatic heterocycles. The van der Waals surface area contributed by atoms with Gasteiger partial charge in [-0.15, -0.1) is 0 Å². The van der Waals surface area contributed by atoms with Crippen LogP contribution >= 0.6 is 15.8 Å². The fourth-order valence-electron chi connectivity index (χ4n) is 8.83. The van der Waals surface area contributed by atoms with Gasteiger partial charge in [0.25, 0.3) is 0 Å². The molecule has 0 spiro atoms. The second kappa shape index (κ2) is 18.7. The zero-order chi connectivity index (χ0) is 51.1. The molecule has 0 bridgehead atoms. The molecule has 0 N–H and O–H groups in total. The van der Waals surface area contributed by atoms with Gasteiger partial charge in [0, 0.05) is 12.3 Å². The molecular weight excluding hydrogens is 851 g/mol. The molecule has 4 aromatic rings. The zero-order valence-electron chi connectivity index (χ0n) is 47.7. The van der Waals surface area contributed by atoms with Crippen molar-refractivity contribution >= 4 is 37.1 Å². The Morgan fingerprint density at radius 2 is 0.448 bits per heavy atom. The molecule has 2 nitrogen and oxygen atoms in total. The predicted molar refractivity (Wildman–Crippen MR) is 301 cm³/mol. The van der Waals surface area contributed by atoms with Crippen LogP contribution in [0.2, 0.25) is 0 Å². The molecule has 2 unspecified atom stereocenters. The van der Waals surface area contributed by atoms with E-state index in [-0.39, 0.29) is 55.5 Å². The average molecular weight is 947 g/mol. The lowest BCUT2D eigenvalue weighted by Crippen LogP contribution is -2.35. The zero-order valence-corrected chi connectivity index (χ0v) is 49.5. The predicted octanol–water partition coefficient (Wildman–Crippen LogP) is 16.2. The molecule has 1 fully saturated rings. The van der Waals surface area contributed by atoms with E-state index in [2.05, 4.69) is 253 Å². The van der Waals surface area contributed by atoms with Crippen molar-refractivity contribution < 1.29 is 9.47 Å². The van der Waals surface area contributed by atoms with Crippen LogP contribution in [0.3, 0.4) is 0 Å². The third kappa shape index (κ3) is 14.0. The summed E-state index contributed by atoms with van der Waals surface area (Å²) in [6.45, 7) is 61.1. The maximum atomic E-state index is 7.31. The van der Waals surface area contributed by atoms with Crippen molar-refractivity contribution in [3.63, 3.8) is 0 Å². The smallest absolute Gasteiger partial charge is 0.163 e. The summed E-state index contributed by atoms with van der Waals surface area (Å²) in [4.78, 5) is 0. The molecule has 370 valence electrons. The minimum absolute atomic E-state index is 0.00479. The second-order valence-corrected chi connectivity index (χ2v) is 33.5. The summed E-state index contributed by atoms with van der Waals surface area (Å²) in [6, 6.07) is 30.4. The van der Waals surface area contributed by atoms with Gasteiger partial charge in [0.05, 0.1) is 12.2 Å². The van der Waals surface area contributed by atoms with Crippen LogP contribution in [0, 0.1) is 0 Å². The van der Waals surface area contributed by atoms with Gasteiger partial charge in [-0.05, 0) is 139 Å². The van der Waals surface area contributed by atoms with Crippen LogP contribution in [-0.2, 0) is 52.8 Å². The first-order valence-corrected chi connectivity index (χ1v) is 28.5. The first-order chi connectivity index (χ1) is 29.9. The van der Waals surface area contributed by atoms with Gasteiger partial charge in [0.15, 0.2) is 5.79 Å². The monoisotopic (exact) mass is 947 g/mol. The number of hydrogen-bond acceptors (Lipinski definition) is 2. The second-order valence-electron chi connectivity index (χ2n) is 29.0. The molecule has 0 radical (unpaired) electrons. The topological polar surface area (TPSA) is 18.5 Å². The molecule has 5 rings (SSSR count). The SMILES string of the molecule is CC1(C)OC(CP(c2cc(C(C)(C)C)cc(C(C)(C)C)c2)c2cc(C(C)(C)C)cc(C(C)(C)C)c2)C(CP(c2cc(C(C)(C)C)cc(C(C)(C)C)c2)c2cc(C(C)(C)C)cc(C(C)(C)C)c2)O1. The molecule has 1 saturated heterocycles. The Bertz CT molecular complexity index is 1930. The molecule has 0 amide bonds. The summed E-state index contributed by atoms with van der Waals surface area (Å²) in [6.07, 6.45) is 1.54. The highest BCUT2D eigenvalue weighted by molar-refractivity contribution is 7.73. The quantitative estimate of drug-likeness (QED) is 0.164. The Morgan fingerprint density at radius 1 is 0.299 bits per heavy atom. The van der Waals surface area contributed by atoms with Crippen molar-refractivity contribution in [2.24, 2.45) is 0 Å². The highest BCUT2D eigenvalue weighted by atomic mass is 31.1. The van der Waals surface area contributed by atoms with Crippen molar-refractivity contribution in [3.05, 3.63) is 117 Å². The molecular formula is C63H96O2P2. The lowest BCUT2D eigenvalue weighted by molar-refractivity contribution is -0.142. The third-order valence-electron chi connectivity index (χ3n) is 13.9. The van der Waals surface area contributed by atoms with E-state index >= 15 is 0 Å². The minimum atomic E-state index is -0.897. The third-order valence-corrected chi connectivity index (χ3v) is 18.8. The van der Waals surface area contributed by atoms with Gasteiger partial charge in [-0.2, -0.15) is 0 Å². The molecule has 0 aliphatic carbocycles. The number of hydrogen-bond donors (Lipinski definition) is 0. The van der Waals surface area contributed by atoms with E-state index in [1.165, 1.54) is 65.7 Å². The van der Waals surface area contributed by atoms with Gasteiger partial charge in [-0.1, -0.05) is 239 Å². The van der Waals surface area contributed by atoms with E-state index in [4.69, 9.17) is 9.47 Å². The van der Waals surface area contributed by atoms with Crippen LogP contribution in [0.1, 0.15) is 225 Å². The maximum Gasteiger partial charge on any atom is 0.163 e. The number of rotatable bonds is 8. The molecule has 4 heteroatoms. The van der Waals surface area contributed by atoms with Crippen molar-refractivity contribution in [2.75, 3.05) is 12.3 Å². The van der Waals surface area contributed by atoms with Gasteiger partial charge < -0.3 is 9.47 Å². The molecule has 1 aliphatic rings. The normalized spacial score (nSPS) is 18.1. The average Bonchev–Trinajstić information content (AvgIpc) is 3.44.